The highest BCUT2D eigenvalue weighted by Gasteiger charge is 2.23. The van der Waals surface area contributed by atoms with E-state index in [0.29, 0.717) is 36.7 Å². The average Bonchev–Trinajstić information content (AvgIpc) is 3.05. The summed E-state index contributed by atoms with van der Waals surface area (Å²) in [5.74, 6) is 1.05. The zero-order chi connectivity index (χ0) is 22.5. The number of likely N-dealkylation sites (tertiary alicyclic amines) is 1. The predicted molar refractivity (Wildman–Crippen MR) is 117 cm³/mol. The molecular weight excluding hydrogens is 396 g/mol. The fourth-order valence-corrected chi connectivity index (χ4v) is 3.94. The molecule has 168 valence electrons. The number of amides is 2. The second-order valence-corrected chi connectivity index (χ2v) is 7.84. The molecule has 1 aromatic heterocycles. The van der Waals surface area contributed by atoms with Crippen LogP contribution in [-0.4, -0.2) is 52.8 Å². The first-order chi connectivity index (χ1) is 14.8. The third-order valence-corrected chi connectivity index (χ3v) is 5.86. The van der Waals surface area contributed by atoms with Gasteiger partial charge in [-0.25, -0.2) is 0 Å². The van der Waals surface area contributed by atoms with E-state index in [-0.39, 0.29) is 17.9 Å². The highest BCUT2D eigenvalue weighted by atomic mass is 16.5. The summed E-state index contributed by atoms with van der Waals surface area (Å²) >= 11 is 0. The summed E-state index contributed by atoms with van der Waals surface area (Å²) in [5, 5.41) is 7.47. The topological polar surface area (TPSA) is 85.7 Å². The van der Waals surface area contributed by atoms with Gasteiger partial charge in [0.2, 0.25) is 5.91 Å². The lowest BCUT2D eigenvalue weighted by Crippen LogP contribution is -2.40. The van der Waals surface area contributed by atoms with E-state index < -0.39 is 0 Å². The molecule has 2 aromatic rings. The number of ether oxygens (including phenoxy) is 2. The van der Waals surface area contributed by atoms with Crippen LogP contribution in [0.25, 0.3) is 0 Å². The van der Waals surface area contributed by atoms with E-state index in [1.807, 2.05) is 30.4 Å². The van der Waals surface area contributed by atoms with Crippen molar-refractivity contribution in [3.8, 4) is 11.5 Å². The largest absolute Gasteiger partial charge is 0.493 e. The Bertz CT molecular complexity index is 945. The number of hydrogen-bond acceptors (Lipinski definition) is 5. The maximum absolute atomic E-state index is 12.7. The van der Waals surface area contributed by atoms with Gasteiger partial charge >= 0.3 is 0 Å². The molecule has 1 aliphatic rings. The van der Waals surface area contributed by atoms with Crippen LogP contribution in [0.15, 0.2) is 18.2 Å². The summed E-state index contributed by atoms with van der Waals surface area (Å²) in [6, 6.07) is 5.22. The van der Waals surface area contributed by atoms with Crippen molar-refractivity contribution < 1.29 is 19.1 Å². The molecule has 8 heteroatoms. The van der Waals surface area contributed by atoms with Gasteiger partial charge in [-0.2, -0.15) is 5.10 Å². The van der Waals surface area contributed by atoms with Crippen molar-refractivity contribution >= 4 is 11.8 Å². The molecule has 1 aliphatic heterocycles. The van der Waals surface area contributed by atoms with E-state index in [1.54, 1.807) is 32.2 Å². The summed E-state index contributed by atoms with van der Waals surface area (Å²) in [5.41, 5.74) is 3.54. The lowest BCUT2D eigenvalue weighted by Gasteiger charge is -2.31. The van der Waals surface area contributed by atoms with Crippen LogP contribution in [0.5, 0.6) is 11.5 Å². The van der Waals surface area contributed by atoms with E-state index in [0.717, 1.165) is 36.3 Å². The van der Waals surface area contributed by atoms with Crippen LogP contribution in [0.4, 0.5) is 0 Å². The van der Waals surface area contributed by atoms with Crippen molar-refractivity contribution in [2.75, 3.05) is 20.2 Å². The van der Waals surface area contributed by atoms with Crippen molar-refractivity contribution in [2.45, 2.75) is 59.7 Å². The van der Waals surface area contributed by atoms with E-state index in [1.165, 1.54) is 0 Å². The molecule has 0 aliphatic carbocycles. The molecule has 0 unspecified atom stereocenters. The van der Waals surface area contributed by atoms with E-state index >= 15 is 0 Å². The minimum atomic E-state index is -0.178. The molecule has 0 bridgehead atoms. The molecule has 2 amide bonds. The van der Waals surface area contributed by atoms with Crippen molar-refractivity contribution in [1.82, 2.24) is 20.0 Å². The smallest absolute Gasteiger partial charge is 0.251 e. The highest BCUT2D eigenvalue weighted by Crippen LogP contribution is 2.31. The van der Waals surface area contributed by atoms with Gasteiger partial charge in [-0.1, -0.05) is 0 Å². The molecule has 8 nitrogen and oxygen atoms in total. The second-order valence-electron chi connectivity index (χ2n) is 7.84. The van der Waals surface area contributed by atoms with E-state index in [4.69, 9.17) is 9.47 Å². The summed E-state index contributed by atoms with van der Waals surface area (Å²) < 4.78 is 13.5. The molecule has 3 rings (SSSR count). The molecule has 1 saturated heterocycles. The van der Waals surface area contributed by atoms with Crippen LogP contribution in [0.3, 0.4) is 0 Å². The Hall–Kier alpha value is -3.03. The Morgan fingerprint density at radius 3 is 2.48 bits per heavy atom. The molecule has 1 fully saturated rings. The number of aromatic nitrogens is 2. The van der Waals surface area contributed by atoms with Gasteiger partial charge in [-0.05, 0) is 39.0 Å². The Morgan fingerprint density at radius 1 is 1.19 bits per heavy atom. The Labute approximate surface area is 183 Å². The lowest BCUT2D eigenvalue weighted by molar-refractivity contribution is -0.130. The highest BCUT2D eigenvalue weighted by molar-refractivity contribution is 5.94. The minimum Gasteiger partial charge on any atom is -0.493 e. The first kappa shape index (κ1) is 22.7. The van der Waals surface area contributed by atoms with Crippen LogP contribution >= 0.6 is 0 Å². The van der Waals surface area contributed by atoms with E-state index in [9.17, 15) is 9.59 Å². The number of hydrogen-bond donors (Lipinski definition) is 1. The van der Waals surface area contributed by atoms with Crippen molar-refractivity contribution in [2.24, 2.45) is 0 Å². The van der Waals surface area contributed by atoms with Gasteiger partial charge in [-0.3, -0.25) is 14.3 Å². The van der Waals surface area contributed by atoms with Gasteiger partial charge in [0.05, 0.1) is 12.8 Å². The Morgan fingerprint density at radius 2 is 1.90 bits per heavy atom. The van der Waals surface area contributed by atoms with Gasteiger partial charge in [-0.15, -0.1) is 0 Å². The van der Waals surface area contributed by atoms with Gasteiger partial charge < -0.3 is 19.7 Å². The van der Waals surface area contributed by atoms with Crippen LogP contribution in [0, 0.1) is 13.8 Å². The quantitative estimate of drug-likeness (QED) is 0.733. The summed E-state index contributed by atoms with van der Waals surface area (Å²) in [4.78, 5) is 26.0. The second kappa shape index (κ2) is 9.85. The molecule has 31 heavy (non-hydrogen) atoms. The Kier molecular flexibility index (Phi) is 7.20. The fraction of sp³-hybridized carbons (Fsp3) is 0.522. The average molecular weight is 429 g/mol. The van der Waals surface area contributed by atoms with Gasteiger partial charge in [0.25, 0.3) is 5.91 Å². The molecule has 0 spiro atoms. The first-order valence-corrected chi connectivity index (χ1v) is 10.7. The number of piperidine rings is 1. The predicted octanol–water partition coefficient (Wildman–Crippen LogP) is 2.85. The van der Waals surface area contributed by atoms with Gasteiger partial charge in [0, 0.05) is 62.8 Å². The van der Waals surface area contributed by atoms with Crippen molar-refractivity contribution in [1.29, 1.82) is 0 Å². The SMILES string of the molecule is CCn1nc(C)c(CNC(=O)c2ccc(OC3CCN(C(C)=O)CC3)c(OC)c2)c1C. The van der Waals surface area contributed by atoms with Crippen molar-refractivity contribution in [3.05, 3.63) is 40.7 Å². The maximum atomic E-state index is 12.7. The molecule has 0 atom stereocenters. The van der Waals surface area contributed by atoms with Crippen molar-refractivity contribution in [3.63, 3.8) is 0 Å². The number of nitrogens with zero attached hydrogens (tertiary/aromatic N) is 3. The maximum Gasteiger partial charge on any atom is 0.251 e. The fourth-order valence-electron chi connectivity index (χ4n) is 3.94. The normalized spacial score (nSPS) is 14.4. The monoisotopic (exact) mass is 428 g/mol. The van der Waals surface area contributed by atoms with Crippen LogP contribution in [0.2, 0.25) is 0 Å². The standard InChI is InChI=1S/C23H32N4O4/c1-6-27-16(3)20(15(2)25-27)14-24-23(29)18-7-8-21(22(13-18)30-5)31-19-9-11-26(12-10-19)17(4)28/h7-8,13,19H,6,9-12,14H2,1-5H3,(H,24,29). The number of aryl methyl sites for hydroxylation is 2. The van der Waals surface area contributed by atoms with Gasteiger partial charge in [0.1, 0.15) is 6.10 Å². The summed E-state index contributed by atoms with van der Waals surface area (Å²) in [7, 11) is 1.56. The van der Waals surface area contributed by atoms with Crippen LogP contribution in [0.1, 0.15) is 54.0 Å². The minimum absolute atomic E-state index is 0.0187. The molecule has 1 N–H and O–H groups in total. The molecule has 0 radical (unpaired) electrons. The zero-order valence-electron chi connectivity index (χ0n) is 19.0. The molecule has 2 heterocycles. The first-order valence-electron chi connectivity index (χ1n) is 10.7. The number of methoxy groups -OCH3 is 1. The number of carbonyl (C=O) groups is 2. The summed E-state index contributed by atoms with van der Waals surface area (Å²) in [6.07, 6.45) is 1.56. The summed E-state index contributed by atoms with van der Waals surface area (Å²) in [6.45, 7) is 10.2. The zero-order valence-corrected chi connectivity index (χ0v) is 19.0. The van der Waals surface area contributed by atoms with Crippen LogP contribution in [-0.2, 0) is 17.9 Å². The third-order valence-electron chi connectivity index (χ3n) is 5.86. The van der Waals surface area contributed by atoms with E-state index in [2.05, 4.69) is 10.4 Å². The lowest BCUT2D eigenvalue weighted by atomic mass is 10.1. The number of benzene rings is 1. The molecule has 1 aromatic carbocycles. The molecular formula is C23H32N4O4. The number of carbonyl (C=O) groups excluding carboxylic acids is 2. The van der Waals surface area contributed by atoms with Gasteiger partial charge in [0.15, 0.2) is 11.5 Å². The Balaban J connectivity index is 1.63. The number of nitrogens with one attached hydrogen (secondary N) is 1. The molecule has 0 saturated carbocycles. The number of rotatable bonds is 7. The third kappa shape index (κ3) is 5.18. The van der Waals surface area contributed by atoms with Crippen LogP contribution < -0.4 is 14.8 Å².